The van der Waals surface area contributed by atoms with Gasteiger partial charge in [-0.1, -0.05) is 41.5 Å². The number of nitrogens with one attached hydrogen (secondary N) is 1. The summed E-state index contributed by atoms with van der Waals surface area (Å²) in [6.07, 6.45) is 4.40. The third-order valence-corrected chi connectivity index (χ3v) is 4.45. The summed E-state index contributed by atoms with van der Waals surface area (Å²) in [5, 5.41) is 4.65. The molecule has 1 rings (SSSR count). The highest BCUT2D eigenvalue weighted by atomic mass is 32.1. The molecule has 116 valence electrons. The zero-order valence-electron chi connectivity index (χ0n) is 13.9. The normalized spacial score (nSPS) is 11.8. The Labute approximate surface area is 128 Å². The first-order valence-corrected chi connectivity index (χ1v) is 8.74. The summed E-state index contributed by atoms with van der Waals surface area (Å²) < 4.78 is 0. The minimum Gasteiger partial charge on any atom is -0.345 e. The zero-order chi connectivity index (χ0) is 15.1. The molecule has 0 atom stereocenters. The van der Waals surface area contributed by atoms with Gasteiger partial charge in [0.05, 0.1) is 0 Å². The van der Waals surface area contributed by atoms with Crippen LogP contribution in [0, 0.1) is 5.92 Å². The van der Waals surface area contributed by atoms with Crippen molar-refractivity contribution in [3.63, 3.8) is 0 Å². The Balaban J connectivity index is 2.79. The Morgan fingerprint density at radius 1 is 1.20 bits per heavy atom. The largest absolute Gasteiger partial charge is 0.345 e. The molecule has 0 unspecified atom stereocenters. The van der Waals surface area contributed by atoms with E-state index in [4.69, 9.17) is 0 Å². The highest BCUT2D eigenvalue weighted by Gasteiger charge is 2.19. The van der Waals surface area contributed by atoms with Crippen molar-refractivity contribution in [1.82, 2.24) is 10.3 Å². The second-order valence-corrected chi connectivity index (χ2v) is 7.25. The molecule has 1 aromatic rings. The minimum atomic E-state index is 0.520. The Kier molecular flexibility index (Phi) is 7.52. The van der Waals surface area contributed by atoms with Gasteiger partial charge in [-0.15, -0.1) is 11.3 Å². The quantitative estimate of drug-likeness (QED) is 0.737. The number of hydrogen-bond donors (Lipinski definition) is 1. The Morgan fingerprint density at radius 3 is 2.35 bits per heavy atom. The second kappa shape index (κ2) is 8.63. The zero-order valence-corrected chi connectivity index (χ0v) is 14.8. The van der Waals surface area contributed by atoms with Crippen LogP contribution in [-0.4, -0.2) is 23.6 Å². The lowest BCUT2D eigenvalue weighted by molar-refractivity contribution is 0.507. The highest BCUT2D eigenvalue weighted by Crippen LogP contribution is 2.27. The molecule has 0 aliphatic rings. The van der Waals surface area contributed by atoms with Crippen LogP contribution in [0.15, 0.2) is 6.20 Å². The number of anilines is 1. The van der Waals surface area contributed by atoms with E-state index in [1.54, 1.807) is 0 Å². The van der Waals surface area contributed by atoms with Crippen LogP contribution in [0.5, 0.6) is 0 Å². The summed E-state index contributed by atoms with van der Waals surface area (Å²) in [5.41, 5.74) is 0. The van der Waals surface area contributed by atoms with Gasteiger partial charge in [0, 0.05) is 36.2 Å². The molecule has 20 heavy (non-hydrogen) atoms. The van der Waals surface area contributed by atoms with Gasteiger partial charge in [-0.2, -0.15) is 0 Å². The van der Waals surface area contributed by atoms with Gasteiger partial charge in [-0.3, -0.25) is 0 Å². The van der Waals surface area contributed by atoms with Crippen molar-refractivity contribution in [3.05, 3.63) is 11.1 Å². The van der Waals surface area contributed by atoms with Gasteiger partial charge in [0.25, 0.3) is 0 Å². The van der Waals surface area contributed by atoms with E-state index in [2.05, 4.69) is 56.7 Å². The highest BCUT2D eigenvalue weighted by molar-refractivity contribution is 7.15. The fourth-order valence-electron chi connectivity index (χ4n) is 2.32. The molecular weight excluding hydrogens is 266 g/mol. The van der Waals surface area contributed by atoms with Gasteiger partial charge < -0.3 is 10.2 Å². The third kappa shape index (κ3) is 5.41. The molecule has 0 bridgehead atoms. The van der Waals surface area contributed by atoms with Gasteiger partial charge in [-0.05, 0) is 18.8 Å². The maximum absolute atomic E-state index is 4.67. The Bertz CT molecular complexity index is 370. The number of nitrogens with zero attached hydrogens (tertiary/aromatic N) is 2. The fourth-order valence-corrected chi connectivity index (χ4v) is 3.26. The van der Waals surface area contributed by atoms with Crippen LogP contribution in [-0.2, 0) is 6.54 Å². The summed E-state index contributed by atoms with van der Waals surface area (Å²) in [6.45, 7) is 15.5. The summed E-state index contributed by atoms with van der Waals surface area (Å²) in [7, 11) is 0. The average Bonchev–Trinajstić information content (AvgIpc) is 2.84. The van der Waals surface area contributed by atoms with Gasteiger partial charge in [0.15, 0.2) is 5.13 Å². The first-order chi connectivity index (χ1) is 9.47. The maximum Gasteiger partial charge on any atom is 0.185 e. The van der Waals surface area contributed by atoms with Crippen LogP contribution >= 0.6 is 11.3 Å². The average molecular weight is 298 g/mol. The Morgan fingerprint density at radius 2 is 1.85 bits per heavy atom. The van der Waals surface area contributed by atoms with E-state index < -0.39 is 0 Å². The first-order valence-electron chi connectivity index (χ1n) is 7.92. The fraction of sp³-hybridized carbons (Fsp3) is 0.812. The number of rotatable bonds is 9. The van der Waals surface area contributed by atoms with Crippen molar-refractivity contribution < 1.29 is 0 Å². The molecule has 4 heteroatoms. The van der Waals surface area contributed by atoms with E-state index in [9.17, 15) is 0 Å². The van der Waals surface area contributed by atoms with Crippen LogP contribution in [0.4, 0.5) is 5.13 Å². The predicted molar refractivity (Wildman–Crippen MR) is 90.6 cm³/mol. The van der Waals surface area contributed by atoms with E-state index in [-0.39, 0.29) is 0 Å². The standard InChI is InChI=1S/C16H31N3S/c1-7-14(8-2)19(11-12(3)4)16-18-10-15(20-16)9-17-13(5)6/h10,12-14,17H,7-9,11H2,1-6H3. The molecule has 0 amide bonds. The van der Waals surface area contributed by atoms with Gasteiger partial charge in [0.1, 0.15) is 0 Å². The van der Waals surface area contributed by atoms with E-state index >= 15 is 0 Å². The SMILES string of the molecule is CCC(CC)N(CC(C)C)c1ncc(CNC(C)C)s1. The lowest BCUT2D eigenvalue weighted by Crippen LogP contribution is -2.37. The molecule has 0 saturated heterocycles. The summed E-state index contributed by atoms with van der Waals surface area (Å²) >= 11 is 1.84. The molecule has 1 heterocycles. The molecule has 0 spiro atoms. The molecule has 0 fully saturated rings. The van der Waals surface area contributed by atoms with Crippen LogP contribution in [0.1, 0.15) is 59.3 Å². The number of thiazole rings is 1. The molecular formula is C16H31N3S. The number of aromatic nitrogens is 1. The van der Waals surface area contributed by atoms with E-state index in [0.29, 0.717) is 18.0 Å². The molecule has 1 aromatic heterocycles. The van der Waals surface area contributed by atoms with Crippen LogP contribution in [0.25, 0.3) is 0 Å². The van der Waals surface area contributed by atoms with E-state index in [1.807, 2.05) is 17.5 Å². The maximum atomic E-state index is 4.67. The first kappa shape index (κ1) is 17.4. The topological polar surface area (TPSA) is 28.2 Å². The summed E-state index contributed by atoms with van der Waals surface area (Å²) in [5.74, 6) is 0.664. The predicted octanol–water partition coefficient (Wildman–Crippen LogP) is 4.29. The van der Waals surface area contributed by atoms with Crippen molar-refractivity contribution >= 4 is 16.5 Å². The molecule has 1 N–H and O–H groups in total. The van der Waals surface area contributed by atoms with Crippen LogP contribution in [0.2, 0.25) is 0 Å². The van der Waals surface area contributed by atoms with Crippen molar-refractivity contribution in [3.8, 4) is 0 Å². The van der Waals surface area contributed by atoms with Crippen molar-refractivity contribution in [1.29, 1.82) is 0 Å². The molecule has 3 nitrogen and oxygen atoms in total. The van der Waals surface area contributed by atoms with Gasteiger partial charge >= 0.3 is 0 Å². The molecule has 0 saturated carbocycles. The van der Waals surface area contributed by atoms with E-state index in [0.717, 1.165) is 13.1 Å². The van der Waals surface area contributed by atoms with Crippen molar-refractivity contribution in [2.75, 3.05) is 11.4 Å². The van der Waals surface area contributed by atoms with Gasteiger partial charge in [-0.25, -0.2) is 4.98 Å². The van der Waals surface area contributed by atoms with Gasteiger partial charge in [0.2, 0.25) is 0 Å². The van der Waals surface area contributed by atoms with Crippen LogP contribution < -0.4 is 10.2 Å². The molecule has 0 radical (unpaired) electrons. The third-order valence-electron chi connectivity index (χ3n) is 3.42. The monoisotopic (exact) mass is 297 g/mol. The molecule has 0 aromatic carbocycles. The van der Waals surface area contributed by atoms with Crippen LogP contribution in [0.3, 0.4) is 0 Å². The lowest BCUT2D eigenvalue weighted by atomic mass is 10.1. The lowest BCUT2D eigenvalue weighted by Gasteiger charge is -2.31. The molecule has 0 aliphatic heterocycles. The number of hydrogen-bond acceptors (Lipinski definition) is 4. The van der Waals surface area contributed by atoms with Crippen molar-refractivity contribution in [2.45, 2.75) is 73.0 Å². The second-order valence-electron chi connectivity index (χ2n) is 6.16. The van der Waals surface area contributed by atoms with Crippen molar-refractivity contribution in [2.24, 2.45) is 5.92 Å². The Hall–Kier alpha value is -0.610. The van der Waals surface area contributed by atoms with E-state index in [1.165, 1.54) is 22.9 Å². The smallest absolute Gasteiger partial charge is 0.185 e. The summed E-state index contributed by atoms with van der Waals surface area (Å²) in [6, 6.07) is 1.13. The summed E-state index contributed by atoms with van der Waals surface area (Å²) in [4.78, 5) is 8.50. The minimum absolute atomic E-state index is 0.520. The molecule has 0 aliphatic carbocycles.